The fourth-order valence-electron chi connectivity index (χ4n) is 3.99. The largest absolute Gasteiger partial charge is 0.326 e. The van der Waals surface area contributed by atoms with Gasteiger partial charge < -0.3 is 5.32 Å². The molecule has 2 N–H and O–H groups in total. The summed E-state index contributed by atoms with van der Waals surface area (Å²) in [7, 11) is 0. The molecule has 0 saturated heterocycles. The Balaban J connectivity index is 1.46. The predicted octanol–water partition coefficient (Wildman–Crippen LogP) is 5.92. The predicted molar refractivity (Wildman–Crippen MR) is 133 cm³/mol. The van der Waals surface area contributed by atoms with Crippen LogP contribution in [0.2, 0.25) is 10.0 Å². The van der Waals surface area contributed by atoms with E-state index in [-0.39, 0.29) is 22.9 Å². The molecule has 6 nitrogen and oxygen atoms in total. The molecule has 1 aromatic heterocycles. The summed E-state index contributed by atoms with van der Waals surface area (Å²) in [4.78, 5) is 26.2. The Kier molecular flexibility index (Phi) is 8.08. The van der Waals surface area contributed by atoms with Crippen molar-refractivity contribution in [1.29, 1.82) is 0 Å². The third kappa shape index (κ3) is 6.98. The Hall–Kier alpha value is -3.03. The number of halogens is 3. The minimum atomic E-state index is -0.484. The summed E-state index contributed by atoms with van der Waals surface area (Å²) in [6.45, 7) is 0. The van der Waals surface area contributed by atoms with Crippen molar-refractivity contribution in [2.24, 2.45) is 10.9 Å². The zero-order valence-corrected chi connectivity index (χ0v) is 19.9. The van der Waals surface area contributed by atoms with Crippen LogP contribution in [0.15, 0.2) is 65.9 Å². The van der Waals surface area contributed by atoms with Crippen molar-refractivity contribution in [1.82, 2.24) is 15.3 Å². The van der Waals surface area contributed by atoms with E-state index in [9.17, 15) is 9.18 Å². The van der Waals surface area contributed by atoms with Crippen molar-refractivity contribution in [3.05, 3.63) is 88.2 Å². The second-order valence-corrected chi connectivity index (χ2v) is 9.14. The number of anilines is 1. The van der Waals surface area contributed by atoms with Gasteiger partial charge in [-0.3, -0.25) is 10.1 Å². The molecule has 0 unspecified atom stereocenters. The van der Waals surface area contributed by atoms with Crippen LogP contribution in [0, 0.1) is 11.7 Å². The lowest BCUT2D eigenvalue weighted by molar-refractivity contribution is 0.0976. The Bertz CT molecular complexity index is 1130. The molecule has 1 heterocycles. The fraction of sp³-hybridized carbons (Fsp3) is 0.280. The van der Waals surface area contributed by atoms with E-state index in [4.69, 9.17) is 28.2 Å². The second kappa shape index (κ2) is 11.4. The van der Waals surface area contributed by atoms with Gasteiger partial charge in [0.15, 0.2) is 0 Å². The third-order valence-corrected chi connectivity index (χ3v) is 6.15. The highest BCUT2D eigenvalue weighted by Gasteiger charge is 2.23. The number of rotatable bonds is 5. The van der Waals surface area contributed by atoms with Crippen LogP contribution in [0.1, 0.15) is 41.9 Å². The van der Waals surface area contributed by atoms with Gasteiger partial charge in [-0.25, -0.2) is 19.4 Å². The first-order valence-corrected chi connectivity index (χ1v) is 11.8. The zero-order chi connectivity index (χ0) is 23.9. The number of hydrogen-bond donors (Lipinski definition) is 2. The van der Waals surface area contributed by atoms with E-state index in [1.54, 1.807) is 42.7 Å². The van der Waals surface area contributed by atoms with Crippen LogP contribution in [-0.2, 0) is 6.42 Å². The van der Waals surface area contributed by atoms with Crippen LogP contribution in [-0.4, -0.2) is 27.9 Å². The Morgan fingerprint density at radius 2 is 1.71 bits per heavy atom. The third-order valence-electron chi connectivity index (χ3n) is 5.68. The molecule has 4 rings (SSSR count). The number of nitrogens with zero attached hydrogens (tertiary/aromatic N) is 3. The molecule has 2 aromatic carbocycles. The number of hydrogen-bond acceptors (Lipinski definition) is 4. The molecule has 176 valence electrons. The van der Waals surface area contributed by atoms with Gasteiger partial charge in [-0.1, -0.05) is 23.2 Å². The van der Waals surface area contributed by atoms with E-state index in [0.717, 1.165) is 37.9 Å². The summed E-state index contributed by atoms with van der Waals surface area (Å²) >= 11 is 11.9. The first-order chi connectivity index (χ1) is 16.4. The molecule has 0 radical (unpaired) electrons. The molecule has 34 heavy (non-hydrogen) atoms. The number of benzene rings is 2. The van der Waals surface area contributed by atoms with Gasteiger partial charge in [0.1, 0.15) is 11.6 Å². The van der Waals surface area contributed by atoms with E-state index in [1.807, 2.05) is 6.07 Å². The summed E-state index contributed by atoms with van der Waals surface area (Å²) in [6.07, 6.45) is 8.06. The van der Waals surface area contributed by atoms with E-state index >= 15 is 0 Å². The normalized spacial score (nSPS) is 18.4. The number of amides is 1. The maximum Gasteiger partial charge on any atom is 0.257 e. The van der Waals surface area contributed by atoms with Crippen LogP contribution in [0.5, 0.6) is 0 Å². The van der Waals surface area contributed by atoms with E-state index in [0.29, 0.717) is 22.2 Å². The molecular weight excluding hydrogens is 476 g/mol. The molecule has 3 aromatic rings. The number of carbonyl (C=O) groups excluding carboxylic acids is 1. The lowest BCUT2D eigenvalue weighted by atomic mass is 9.84. The van der Waals surface area contributed by atoms with Crippen LogP contribution in [0.25, 0.3) is 0 Å². The maximum absolute atomic E-state index is 13.8. The first-order valence-electron chi connectivity index (χ1n) is 11.1. The molecule has 1 saturated carbocycles. The van der Waals surface area contributed by atoms with Crippen LogP contribution >= 0.6 is 23.2 Å². The molecule has 0 atom stereocenters. The lowest BCUT2D eigenvalue weighted by Gasteiger charge is -2.26. The van der Waals surface area contributed by atoms with Gasteiger partial charge >= 0.3 is 0 Å². The number of nitrogens with one attached hydrogen (secondary N) is 2. The summed E-state index contributed by atoms with van der Waals surface area (Å²) in [5.41, 5.74) is 0.831. The molecule has 0 bridgehead atoms. The van der Waals surface area contributed by atoms with Gasteiger partial charge in [-0.15, -0.1) is 0 Å². The molecular formula is C25H24Cl2FN5O. The monoisotopic (exact) mass is 499 g/mol. The Morgan fingerprint density at radius 3 is 2.38 bits per heavy atom. The molecule has 1 amide bonds. The van der Waals surface area contributed by atoms with Crippen molar-refractivity contribution in [2.75, 3.05) is 5.32 Å². The van der Waals surface area contributed by atoms with Crippen LogP contribution < -0.4 is 10.6 Å². The molecule has 1 aliphatic rings. The second-order valence-electron chi connectivity index (χ2n) is 8.27. The summed E-state index contributed by atoms with van der Waals surface area (Å²) in [6, 6.07) is 12.5. The van der Waals surface area contributed by atoms with Crippen molar-refractivity contribution in [2.45, 2.75) is 38.1 Å². The summed E-state index contributed by atoms with van der Waals surface area (Å²) < 4.78 is 13.8. The highest BCUT2D eigenvalue weighted by Crippen LogP contribution is 2.28. The van der Waals surface area contributed by atoms with E-state index < -0.39 is 5.82 Å². The molecule has 0 aliphatic heterocycles. The van der Waals surface area contributed by atoms with Crippen molar-refractivity contribution < 1.29 is 9.18 Å². The van der Waals surface area contributed by atoms with Gasteiger partial charge in [-0.2, -0.15) is 0 Å². The van der Waals surface area contributed by atoms with Gasteiger partial charge in [0.25, 0.3) is 5.91 Å². The van der Waals surface area contributed by atoms with Crippen molar-refractivity contribution in [3.8, 4) is 0 Å². The van der Waals surface area contributed by atoms with Crippen LogP contribution in [0.3, 0.4) is 0 Å². The maximum atomic E-state index is 13.8. The van der Waals surface area contributed by atoms with Crippen LogP contribution in [0.4, 0.5) is 10.1 Å². The minimum Gasteiger partial charge on any atom is -0.326 e. The topological polar surface area (TPSA) is 79.3 Å². The highest BCUT2D eigenvalue weighted by molar-refractivity contribution is 6.31. The van der Waals surface area contributed by atoms with E-state index in [2.05, 4.69) is 20.6 Å². The van der Waals surface area contributed by atoms with Crippen molar-refractivity contribution in [3.63, 3.8) is 0 Å². The number of guanidine groups is 1. The van der Waals surface area contributed by atoms with Gasteiger partial charge in [0.2, 0.25) is 5.96 Å². The van der Waals surface area contributed by atoms with Gasteiger partial charge in [-0.05, 0) is 80.1 Å². The SMILES string of the molecule is O=C(NC(=NC1CCC(Cc2ncccn2)CC1)Nc1cc(F)cc(Cl)c1)c1ccc(Cl)cc1. The van der Waals surface area contributed by atoms with Gasteiger partial charge in [0.05, 0.1) is 6.04 Å². The zero-order valence-electron chi connectivity index (χ0n) is 18.3. The number of carbonyl (C=O) groups is 1. The molecule has 1 fully saturated rings. The summed E-state index contributed by atoms with van der Waals surface area (Å²) in [5.74, 6) is 0.768. The molecule has 0 spiro atoms. The van der Waals surface area contributed by atoms with Crippen molar-refractivity contribution >= 4 is 40.8 Å². The average Bonchev–Trinajstić information content (AvgIpc) is 2.81. The molecule has 1 aliphatic carbocycles. The Labute approximate surface area is 207 Å². The highest BCUT2D eigenvalue weighted by atomic mass is 35.5. The fourth-order valence-corrected chi connectivity index (χ4v) is 4.34. The lowest BCUT2D eigenvalue weighted by Crippen LogP contribution is -2.37. The minimum absolute atomic E-state index is 0.0185. The number of aromatic nitrogens is 2. The van der Waals surface area contributed by atoms with Gasteiger partial charge in [0, 0.05) is 40.1 Å². The molecule has 9 heteroatoms. The summed E-state index contributed by atoms with van der Waals surface area (Å²) in [5, 5.41) is 6.61. The standard InChI is InChI=1S/C25H24Cl2FN5O/c26-18-6-4-17(5-7-18)24(34)33-25(32-22-14-19(27)13-20(28)15-22)31-21-8-2-16(3-9-21)12-23-29-10-1-11-30-23/h1,4-7,10-11,13-16,21H,2-3,8-9,12H2,(H2,31,32,33,34). The average molecular weight is 500 g/mol. The first kappa shape index (κ1) is 24.1. The number of aliphatic imine (C=N–C) groups is 1. The smallest absolute Gasteiger partial charge is 0.257 e. The Morgan fingerprint density at radius 1 is 1.00 bits per heavy atom. The van der Waals surface area contributed by atoms with E-state index in [1.165, 1.54) is 12.1 Å². The quantitative estimate of drug-likeness (QED) is 0.337.